The molecule has 0 unspecified atom stereocenters. The van der Waals surface area contributed by atoms with E-state index < -0.39 is 0 Å². The van der Waals surface area contributed by atoms with Crippen LogP contribution in [0.3, 0.4) is 0 Å². The van der Waals surface area contributed by atoms with Gasteiger partial charge in [0.15, 0.2) is 11.5 Å². The topological polar surface area (TPSA) is 30.5 Å². The SMILES string of the molecule is CCOc1c(CNCCc2ccccc2F)cc(Br)cc1OC.Cl. The number of nitrogens with one attached hydrogen (secondary N) is 1. The standard InChI is InChI=1S/C18H21BrFNO2.ClH/c1-3-23-18-14(10-15(19)11-17(18)22-2)12-21-9-8-13-6-4-5-7-16(13)20;/h4-7,10-11,21H,3,8-9,12H2,1-2H3;1H. The molecule has 0 heterocycles. The predicted molar refractivity (Wildman–Crippen MR) is 101 cm³/mol. The van der Waals surface area contributed by atoms with E-state index in [0.29, 0.717) is 31.9 Å². The van der Waals surface area contributed by atoms with Crippen LogP contribution in [0.5, 0.6) is 11.5 Å². The van der Waals surface area contributed by atoms with E-state index in [1.54, 1.807) is 13.2 Å². The Morgan fingerprint density at radius 3 is 2.58 bits per heavy atom. The summed E-state index contributed by atoms with van der Waals surface area (Å²) in [6.45, 7) is 3.82. The minimum Gasteiger partial charge on any atom is -0.493 e. The van der Waals surface area contributed by atoms with Gasteiger partial charge in [0.05, 0.1) is 13.7 Å². The van der Waals surface area contributed by atoms with Crippen LogP contribution in [0.15, 0.2) is 40.9 Å². The third kappa shape index (κ3) is 5.65. The smallest absolute Gasteiger partial charge is 0.165 e. The van der Waals surface area contributed by atoms with Gasteiger partial charge in [-0.25, -0.2) is 4.39 Å². The number of hydrogen-bond acceptors (Lipinski definition) is 3. The van der Waals surface area contributed by atoms with E-state index in [0.717, 1.165) is 21.3 Å². The van der Waals surface area contributed by atoms with Crippen LogP contribution >= 0.6 is 28.3 Å². The highest BCUT2D eigenvalue weighted by atomic mass is 79.9. The average molecular weight is 419 g/mol. The number of ether oxygens (including phenoxy) is 2. The maximum atomic E-state index is 13.6. The lowest BCUT2D eigenvalue weighted by molar-refractivity contribution is 0.306. The van der Waals surface area contributed by atoms with Crippen molar-refractivity contribution in [3.8, 4) is 11.5 Å². The highest BCUT2D eigenvalue weighted by Crippen LogP contribution is 2.34. The average Bonchev–Trinajstić information content (AvgIpc) is 2.55. The molecule has 6 heteroatoms. The molecule has 0 aliphatic heterocycles. The second-order valence-corrected chi connectivity index (χ2v) is 5.96. The van der Waals surface area contributed by atoms with Gasteiger partial charge in [-0.15, -0.1) is 12.4 Å². The van der Waals surface area contributed by atoms with Gasteiger partial charge in [-0.1, -0.05) is 34.1 Å². The summed E-state index contributed by atoms with van der Waals surface area (Å²) in [4.78, 5) is 0. The molecule has 2 aromatic carbocycles. The van der Waals surface area contributed by atoms with Crippen LogP contribution < -0.4 is 14.8 Å². The summed E-state index contributed by atoms with van der Waals surface area (Å²) in [5.41, 5.74) is 1.73. The van der Waals surface area contributed by atoms with Crippen LogP contribution in [-0.2, 0) is 13.0 Å². The van der Waals surface area contributed by atoms with E-state index in [2.05, 4.69) is 21.2 Å². The molecule has 0 radical (unpaired) electrons. The highest BCUT2D eigenvalue weighted by molar-refractivity contribution is 9.10. The second-order valence-electron chi connectivity index (χ2n) is 5.05. The van der Waals surface area contributed by atoms with E-state index in [-0.39, 0.29) is 18.2 Å². The van der Waals surface area contributed by atoms with Crippen molar-refractivity contribution in [1.82, 2.24) is 5.32 Å². The maximum absolute atomic E-state index is 13.6. The summed E-state index contributed by atoms with van der Waals surface area (Å²) in [5, 5.41) is 3.33. The van der Waals surface area contributed by atoms with E-state index in [1.807, 2.05) is 31.2 Å². The maximum Gasteiger partial charge on any atom is 0.165 e. The molecule has 0 bridgehead atoms. The molecule has 0 atom stereocenters. The number of benzene rings is 2. The Balaban J connectivity index is 0.00000288. The van der Waals surface area contributed by atoms with Crippen molar-refractivity contribution < 1.29 is 13.9 Å². The zero-order valence-corrected chi connectivity index (χ0v) is 16.2. The van der Waals surface area contributed by atoms with Crippen molar-refractivity contribution in [3.63, 3.8) is 0 Å². The Labute approximate surface area is 157 Å². The van der Waals surface area contributed by atoms with E-state index >= 15 is 0 Å². The third-order valence-electron chi connectivity index (χ3n) is 3.45. The van der Waals surface area contributed by atoms with Gasteiger partial charge in [-0.2, -0.15) is 0 Å². The first kappa shape index (κ1) is 20.7. The normalized spacial score (nSPS) is 10.2. The van der Waals surface area contributed by atoms with E-state index in [9.17, 15) is 4.39 Å². The number of hydrogen-bond donors (Lipinski definition) is 1. The molecule has 132 valence electrons. The molecule has 2 rings (SSSR count). The lowest BCUT2D eigenvalue weighted by atomic mass is 10.1. The molecular formula is C18H22BrClFNO2. The van der Waals surface area contributed by atoms with Crippen molar-refractivity contribution >= 4 is 28.3 Å². The van der Waals surface area contributed by atoms with Crippen molar-refractivity contribution in [2.75, 3.05) is 20.3 Å². The van der Waals surface area contributed by atoms with Crippen LogP contribution in [0.2, 0.25) is 0 Å². The van der Waals surface area contributed by atoms with Crippen LogP contribution in [0, 0.1) is 5.82 Å². The Morgan fingerprint density at radius 1 is 1.17 bits per heavy atom. The quantitative estimate of drug-likeness (QED) is 0.628. The Kier molecular flexibility index (Phi) is 9.11. The summed E-state index contributed by atoms with van der Waals surface area (Å²) >= 11 is 3.48. The molecule has 0 saturated heterocycles. The van der Waals surface area contributed by atoms with Crippen molar-refractivity contribution in [1.29, 1.82) is 0 Å². The fourth-order valence-corrected chi connectivity index (χ4v) is 2.85. The van der Waals surface area contributed by atoms with Crippen LogP contribution in [0.1, 0.15) is 18.1 Å². The lowest BCUT2D eigenvalue weighted by Crippen LogP contribution is -2.18. The molecule has 0 aromatic heterocycles. The molecular weight excluding hydrogens is 397 g/mol. The van der Waals surface area contributed by atoms with Gasteiger partial charge in [-0.3, -0.25) is 0 Å². The van der Waals surface area contributed by atoms with Gasteiger partial charge in [-0.05, 0) is 43.7 Å². The van der Waals surface area contributed by atoms with Gasteiger partial charge in [0.25, 0.3) is 0 Å². The first-order valence-corrected chi connectivity index (χ1v) is 8.38. The summed E-state index contributed by atoms with van der Waals surface area (Å²) in [7, 11) is 1.62. The monoisotopic (exact) mass is 417 g/mol. The number of halogens is 3. The van der Waals surface area contributed by atoms with Gasteiger partial charge in [0.1, 0.15) is 5.82 Å². The largest absolute Gasteiger partial charge is 0.493 e. The zero-order valence-electron chi connectivity index (χ0n) is 13.8. The Hall–Kier alpha value is -1.30. The lowest BCUT2D eigenvalue weighted by Gasteiger charge is -2.15. The first-order chi connectivity index (χ1) is 11.2. The number of rotatable bonds is 8. The molecule has 2 aromatic rings. The third-order valence-corrected chi connectivity index (χ3v) is 3.91. The van der Waals surface area contributed by atoms with Gasteiger partial charge >= 0.3 is 0 Å². The summed E-state index contributed by atoms with van der Waals surface area (Å²) < 4.78 is 25.6. The molecule has 0 saturated carbocycles. The van der Waals surface area contributed by atoms with E-state index in [4.69, 9.17) is 9.47 Å². The molecule has 0 spiro atoms. The van der Waals surface area contributed by atoms with Crippen molar-refractivity contribution in [2.45, 2.75) is 19.9 Å². The first-order valence-electron chi connectivity index (χ1n) is 7.59. The van der Waals surface area contributed by atoms with Gasteiger partial charge in [0.2, 0.25) is 0 Å². The van der Waals surface area contributed by atoms with Gasteiger partial charge < -0.3 is 14.8 Å². The highest BCUT2D eigenvalue weighted by Gasteiger charge is 2.12. The van der Waals surface area contributed by atoms with Crippen molar-refractivity contribution in [2.24, 2.45) is 0 Å². The minimum absolute atomic E-state index is 0. The van der Waals surface area contributed by atoms with E-state index in [1.165, 1.54) is 6.07 Å². The van der Waals surface area contributed by atoms with Crippen LogP contribution in [0.4, 0.5) is 4.39 Å². The minimum atomic E-state index is -0.159. The zero-order chi connectivity index (χ0) is 16.7. The summed E-state index contributed by atoms with van der Waals surface area (Å²) in [6, 6.07) is 10.7. The molecule has 0 aliphatic carbocycles. The fourth-order valence-electron chi connectivity index (χ4n) is 2.36. The fraction of sp³-hybridized carbons (Fsp3) is 0.333. The summed E-state index contributed by atoms with van der Waals surface area (Å²) in [6.07, 6.45) is 0.641. The van der Waals surface area contributed by atoms with Crippen LogP contribution in [-0.4, -0.2) is 20.3 Å². The molecule has 3 nitrogen and oxygen atoms in total. The van der Waals surface area contributed by atoms with Crippen molar-refractivity contribution in [3.05, 3.63) is 57.8 Å². The number of methoxy groups -OCH3 is 1. The summed E-state index contributed by atoms with van der Waals surface area (Å²) in [5.74, 6) is 1.29. The van der Waals surface area contributed by atoms with Gasteiger partial charge in [0, 0.05) is 16.6 Å². The van der Waals surface area contributed by atoms with Crippen LogP contribution in [0.25, 0.3) is 0 Å². The molecule has 1 N–H and O–H groups in total. The molecule has 0 aliphatic rings. The predicted octanol–water partition coefficient (Wildman–Crippen LogP) is 4.75. The molecule has 24 heavy (non-hydrogen) atoms. The Morgan fingerprint density at radius 2 is 1.92 bits per heavy atom. The Bertz CT molecular complexity index is 655. The molecule has 0 amide bonds. The molecule has 0 fully saturated rings. The second kappa shape index (κ2) is 10.5.